The van der Waals surface area contributed by atoms with E-state index in [1.165, 1.54) is 66.4 Å². The molecule has 9 rings (SSSR count). The van der Waals surface area contributed by atoms with Crippen molar-refractivity contribution < 1.29 is 0 Å². The van der Waals surface area contributed by atoms with Crippen molar-refractivity contribution in [2.75, 3.05) is 4.90 Å². The Kier molecular flexibility index (Phi) is 10.5. The molecule has 61 heavy (non-hydrogen) atoms. The third-order valence-corrected chi connectivity index (χ3v) is 12.0. The highest BCUT2D eigenvalue weighted by Gasteiger charge is 2.26. The predicted octanol–water partition coefficient (Wildman–Crippen LogP) is 17.2. The minimum atomic E-state index is -0.0272. The number of benzene rings is 9. The van der Waals surface area contributed by atoms with E-state index in [1.807, 2.05) is 0 Å². The summed E-state index contributed by atoms with van der Waals surface area (Å²) < 4.78 is 0. The maximum Gasteiger partial charge on any atom is 0.0540 e. The van der Waals surface area contributed by atoms with E-state index in [4.69, 9.17) is 0 Å². The highest BCUT2D eigenvalue weighted by atomic mass is 15.1. The molecule has 0 aliphatic rings. The summed E-state index contributed by atoms with van der Waals surface area (Å²) in [5, 5.41) is 2.46. The zero-order valence-electron chi connectivity index (χ0n) is 36.2. The van der Waals surface area contributed by atoms with Crippen LogP contribution in [0.3, 0.4) is 0 Å². The summed E-state index contributed by atoms with van der Waals surface area (Å²) in [4.78, 5) is 2.52. The lowest BCUT2D eigenvalue weighted by Crippen LogP contribution is -2.17. The molecule has 298 valence electrons. The van der Waals surface area contributed by atoms with Gasteiger partial charge in [0.2, 0.25) is 0 Å². The van der Waals surface area contributed by atoms with Crippen LogP contribution in [0.5, 0.6) is 0 Å². The Morgan fingerprint density at radius 2 is 0.656 bits per heavy atom. The second-order valence-corrected chi connectivity index (χ2v) is 18.2. The fourth-order valence-electron chi connectivity index (χ4n) is 8.66. The molecule has 0 bridgehead atoms. The number of hydrogen-bond acceptors (Lipinski definition) is 1. The monoisotopic (exact) mass is 787 g/mol. The van der Waals surface area contributed by atoms with Gasteiger partial charge in [0, 0.05) is 16.7 Å². The minimum Gasteiger partial charge on any atom is -0.309 e. The second kappa shape index (κ2) is 16.2. The summed E-state index contributed by atoms with van der Waals surface area (Å²) in [6, 6.07) is 78.0. The number of hydrogen-bond donors (Lipinski definition) is 0. The van der Waals surface area contributed by atoms with Crippen LogP contribution in [0.15, 0.2) is 212 Å². The molecule has 0 aliphatic carbocycles. The molecule has 0 saturated carbocycles. The molecule has 0 N–H and O–H groups in total. The summed E-state index contributed by atoms with van der Waals surface area (Å²) in [6.07, 6.45) is 0. The highest BCUT2D eigenvalue weighted by molar-refractivity contribution is 6.09. The molecule has 0 aromatic heterocycles. The molecular formula is C60H53N. The maximum absolute atomic E-state index is 2.52. The van der Waals surface area contributed by atoms with Crippen LogP contribution in [0.4, 0.5) is 17.1 Å². The molecule has 1 heteroatoms. The van der Waals surface area contributed by atoms with Gasteiger partial charge < -0.3 is 4.90 Å². The Morgan fingerprint density at radius 3 is 1.20 bits per heavy atom. The lowest BCUT2D eigenvalue weighted by molar-refractivity contribution is 0.569. The van der Waals surface area contributed by atoms with Crippen molar-refractivity contribution in [2.45, 2.75) is 52.4 Å². The van der Waals surface area contributed by atoms with Crippen molar-refractivity contribution in [3.8, 4) is 55.6 Å². The second-order valence-electron chi connectivity index (χ2n) is 18.2. The van der Waals surface area contributed by atoms with Crippen molar-refractivity contribution in [2.24, 2.45) is 0 Å². The Bertz CT molecular complexity index is 2920. The van der Waals surface area contributed by atoms with E-state index in [2.05, 4.69) is 259 Å². The number of rotatable bonds is 8. The molecule has 0 amide bonds. The van der Waals surface area contributed by atoms with Crippen molar-refractivity contribution in [1.29, 1.82) is 0 Å². The van der Waals surface area contributed by atoms with Gasteiger partial charge >= 0.3 is 0 Å². The first-order valence-electron chi connectivity index (χ1n) is 21.5. The van der Waals surface area contributed by atoms with Crippen LogP contribution < -0.4 is 4.90 Å². The quantitative estimate of drug-likeness (QED) is 0.148. The van der Waals surface area contributed by atoms with E-state index < -0.39 is 0 Å². The van der Waals surface area contributed by atoms with Gasteiger partial charge in [-0.3, -0.25) is 0 Å². The lowest BCUT2D eigenvalue weighted by atomic mass is 9.78. The van der Waals surface area contributed by atoms with Gasteiger partial charge in [-0.25, -0.2) is 0 Å². The van der Waals surface area contributed by atoms with E-state index >= 15 is 0 Å². The molecule has 0 fully saturated rings. The number of anilines is 3. The average Bonchev–Trinajstić information content (AvgIpc) is 3.29. The zero-order valence-corrected chi connectivity index (χ0v) is 36.2. The van der Waals surface area contributed by atoms with Crippen molar-refractivity contribution in [1.82, 2.24) is 0 Å². The zero-order chi connectivity index (χ0) is 42.1. The molecule has 0 atom stereocenters. The van der Waals surface area contributed by atoms with E-state index in [0.29, 0.717) is 0 Å². The number of para-hydroxylation sites is 3. The van der Waals surface area contributed by atoms with E-state index in [0.717, 1.165) is 28.2 Å². The first-order valence-corrected chi connectivity index (χ1v) is 21.5. The van der Waals surface area contributed by atoms with Gasteiger partial charge in [-0.1, -0.05) is 236 Å². The molecule has 1 nitrogen and oxygen atoms in total. The Balaban J connectivity index is 1.33. The molecule has 0 heterocycles. The van der Waals surface area contributed by atoms with Gasteiger partial charge in [-0.15, -0.1) is 0 Å². The standard InChI is InChI=1S/C60H53N/c1-59(2,3)48-39-47(40-49(41-48)60(4,5)6)51-28-14-17-33-56(51)61(55-32-16-13-27-50(55)45-37-35-43(36-38-45)42-21-9-7-10-22-42)57-34-18-15-29-53(57)54-31-20-26-46-25-19-30-52(58(46)54)44-23-11-8-12-24-44/h7-41H,1-6H3. The summed E-state index contributed by atoms with van der Waals surface area (Å²) in [5.74, 6) is 0. The fourth-order valence-corrected chi connectivity index (χ4v) is 8.66. The summed E-state index contributed by atoms with van der Waals surface area (Å²) in [5.41, 5.74) is 17.9. The van der Waals surface area contributed by atoms with Crippen LogP contribution in [-0.4, -0.2) is 0 Å². The molecule has 0 unspecified atom stereocenters. The summed E-state index contributed by atoms with van der Waals surface area (Å²) in [7, 11) is 0. The normalized spacial score (nSPS) is 11.8. The highest BCUT2D eigenvalue weighted by Crippen LogP contribution is 2.50. The van der Waals surface area contributed by atoms with Gasteiger partial charge in [0.25, 0.3) is 0 Å². The number of fused-ring (bicyclic) bond motifs is 1. The third-order valence-electron chi connectivity index (χ3n) is 12.0. The van der Waals surface area contributed by atoms with Crippen LogP contribution in [-0.2, 0) is 10.8 Å². The van der Waals surface area contributed by atoms with E-state index in [1.54, 1.807) is 0 Å². The van der Waals surface area contributed by atoms with E-state index in [-0.39, 0.29) is 10.8 Å². The van der Waals surface area contributed by atoms with Crippen molar-refractivity contribution in [3.05, 3.63) is 223 Å². The van der Waals surface area contributed by atoms with Gasteiger partial charge in [0.1, 0.15) is 0 Å². The minimum absolute atomic E-state index is 0.0272. The topological polar surface area (TPSA) is 3.24 Å². The largest absolute Gasteiger partial charge is 0.309 e. The van der Waals surface area contributed by atoms with Gasteiger partial charge in [-0.05, 0) is 89.9 Å². The molecular weight excluding hydrogens is 735 g/mol. The lowest BCUT2D eigenvalue weighted by Gasteiger charge is -2.32. The van der Waals surface area contributed by atoms with Gasteiger partial charge in [0.05, 0.1) is 17.1 Å². The van der Waals surface area contributed by atoms with Crippen LogP contribution in [0.25, 0.3) is 66.4 Å². The first kappa shape index (κ1) is 39.5. The Morgan fingerprint density at radius 1 is 0.279 bits per heavy atom. The SMILES string of the molecule is CC(C)(C)c1cc(-c2ccccc2N(c2ccccc2-c2ccc(-c3ccccc3)cc2)c2ccccc2-c2cccc3cccc(-c4ccccc4)c23)cc(C(C)(C)C)c1. The van der Waals surface area contributed by atoms with Crippen molar-refractivity contribution in [3.63, 3.8) is 0 Å². The van der Waals surface area contributed by atoms with Crippen LogP contribution in [0.1, 0.15) is 52.7 Å². The van der Waals surface area contributed by atoms with Gasteiger partial charge in [0.15, 0.2) is 0 Å². The third kappa shape index (κ3) is 7.93. The maximum atomic E-state index is 2.52. The van der Waals surface area contributed by atoms with E-state index in [9.17, 15) is 0 Å². The smallest absolute Gasteiger partial charge is 0.0540 e. The summed E-state index contributed by atoms with van der Waals surface area (Å²) in [6.45, 7) is 13.9. The molecule has 0 saturated heterocycles. The molecule has 0 radical (unpaired) electrons. The predicted molar refractivity (Wildman–Crippen MR) is 263 cm³/mol. The average molecular weight is 788 g/mol. The Hall–Kier alpha value is -6.96. The fraction of sp³-hybridized carbons (Fsp3) is 0.133. The van der Waals surface area contributed by atoms with Crippen molar-refractivity contribution >= 4 is 27.8 Å². The molecule has 9 aromatic carbocycles. The Labute approximate surface area is 362 Å². The van der Waals surface area contributed by atoms with Gasteiger partial charge in [-0.2, -0.15) is 0 Å². The van der Waals surface area contributed by atoms with Crippen LogP contribution in [0, 0.1) is 0 Å². The summed E-state index contributed by atoms with van der Waals surface area (Å²) >= 11 is 0. The molecule has 9 aromatic rings. The van der Waals surface area contributed by atoms with Crippen LogP contribution >= 0.6 is 0 Å². The first-order chi connectivity index (χ1) is 29.5. The number of nitrogens with zero attached hydrogens (tertiary/aromatic N) is 1. The molecule has 0 aliphatic heterocycles. The molecule has 0 spiro atoms. The van der Waals surface area contributed by atoms with Crippen LogP contribution in [0.2, 0.25) is 0 Å².